The first-order valence-corrected chi connectivity index (χ1v) is 7.59. The van der Waals surface area contributed by atoms with Gasteiger partial charge in [-0.05, 0) is 6.07 Å². The van der Waals surface area contributed by atoms with E-state index in [-0.39, 0.29) is 43.2 Å². The number of halogens is 1. The van der Waals surface area contributed by atoms with Crippen LogP contribution < -0.4 is 16.6 Å². The fourth-order valence-corrected chi connectivity index (χ4v) is 2.59. The molecule has 1 saturated heterocycles. The summed E-state index contributed by atoms with van der Waals surface area (Å²) in [5.41, 5.74) is -1.70. The second-order valence-corrected chi connectivity index (χ2v) is 5.57. The lowest BCUT2D eigenvalue weighted by Gasteiger charge is -2.26. The van der Waals surface area contributed by atoms with Crippen molar-refractivity contribution in [3.8, 4) is 0 Å². The second kappa shape index (κ2) is 6.71. The number of hydrogen-bond donors (Lipinski definition) is 2. The lowest BCUT2D eigenvalue weighted by atomic mass is 10.2. The van der Waals surface area contributed by atoms with Crippen LogP contribution in [0.15, 0.2) is 40.1 Å². The molecule has 1 aliphatic rings. The van der Waals surface area contributed by atoms with E-state index in [1.54, 1.807) is 6.07 Å². The van der Waals surface area contributed by atoms with Crippen molar-refractivity contribution in [2.24, 2.45) is 0 Å². The number of nitrogens with zero attached hydrogens (tertiary/aromatic N) is 2. The number of benzene rings is 1. The molecule has 2 aromatic rings. The topological polar surface area (TPSA) is 104 Å². The maximum atomic E-state index is 13.8. The molecule has 25 heavy (non-hydrogen) atoms. The number of hydrogen-bond acceptors (Lipinski definition) is 4. The van der Waals surface area contributed by atoms with Gasteiger partial charge < -0.3 is 15.2 Å². The van der Waals surface area contributed by atoms with Crippen LogP contribution >= 0.6 is 0 Å². The molecule has 130 valence electrons. The number of H-pyrrole nitrogens is 1. The zero-order chi connectivity index (χ0) is 18.0. The van der Waals surface area contributed by atoms with Gasteiger partial charge in [0.05, 0.1) is 13.1 Å². The van der Waals surface area contributed by atoms with Crippen LogP contribution in [-0.2, 0) is 11.3 Å². The van der Waals surface area contributed by atoms with E-state index in [1.807, 2.05) is 0 Å². The molecule has 1 aromatic heterocycles. The fourth-order valence-electron chi connectivity index (χ4n) is 2.59. The lowest BCUT2D eigenvalue weighted by molar-refractivity contribution is -0.123. The summed E-state index contributed by atoms with van der Waals surface area (Å²) in [5, 5.41) is 2.58. The molecule has 1 aliphatic heterocycles. The summed E-state index contributed by atoms with van der Waals surface area (Å²) in [5.74, 6) is -1.53. The van der Waals surface area contributed by atoms with E-state index < -0.39 is 23.0 Å². The van der Waals surface area contributed by atoms with E-state index in [9.17, 15) is 23.6 Å². The highest BCUT2D eigenvalue weighted by molar-refractivity contribution is 5.96. The van der Waals surface area contributed by atoms with Crippen LogP contribution in [0.25, 0.3) is 0 Å². The van der Waals surface area contributed by atoms with Crippen molar-refractivity contribution < 1.29 is 14.0 Å². The van der Waals surface area contributed by atoms with E-state index in [1.165, 1.54) is 23.1 Å². The Morgan fingerprint density at radius 2 is 1.96 bits per heavy atom. The zero-order valence-corrected chi connectivity index (χ0v) is 13.1. The molecule has 0 saturated carbocycles. The van der Waals surface area contributed by atoms with Crippen molar-refractivity contribution in [1.82, 2.24) is 19.8 Å². The largest absolute Gasteiger partial charge is 0.353 e. The Balaban J connectivity index is 1.96. The average molecular weight is 346 g/mol. The van der Waals surface area contributed by atoms with Gasteiger partial charge in [0.25, 0.3) is 11.5 Å². The SMILES string of the molecule is O=C1CN(C(=O)c2c[nH]c(=O)n(Cc3ccccc3F)c2=O)CCN1. The number of piperazine rings is 1. The van der Waals surface area contributed by atoms with Crippen molar-refractivity contribution in [2.45, 2.75) is 6.54 Å². The molecule has 8 nitrogen and oxygen atoms in total. The van der Waals surface area contributed by atoms with Gasteiger partial charge in [0.1, 0.15) is 11.4 Å². The van der Waals surface area contributed by atoms with Crippen molar-refractivity contribution in [3.63, 3.8) is 0 Å². The molecule has 0 unspecified atom stereocenters. The number of aromatic amines is 1. The molecule has 0 aliphatic carbocycles. The van der Waals surface area contributed by atoms with E-state index in [0.717, 1.165) is 10.8 Å². The predicted octanol–water partition coefficient (Wildman–Crippen LogP) is -0.704. The van der Waals surface area contributed by atoms with Crippen molar-refractivity contribution in [1.29, 1.82) is 0 Å². The minimum atomic E-state index is -0.831. The summed E-state index contributed by atoms with van der Waals surface area (Å²) in [6.45, 7) is 0.0843. The van der Waals surface area contributed by atoms with Gasteiger partial charge in [-0.3, -0.25) is 19.0 Å². The minimum absolute atomic E-state index is 0.150. The molecule has 3 rings (SSSR count). The first-order valence-electron chi connectivity index (χ1n) is 7.59. The van der Waals surface area contributed by atoms with Crippen LogP contribution in [0.5, 0.6) is 0 Å². The highest BCUT2D eigenvalue weighted by atomic mass is 19.1. The van der Waals surface area contributed by atoms with Gasteiger partial charge in [-0.15, -0.1) is 0 Å². The molecule has 0 atom stereocenters. The van der Waals surface area contributed by atoms with E-state index in [0.29, 0.717) is 0 Å². The molecule has 2 N–H and O–H groups in total. The Hall–Kier alpha value is -3.23. The Bertz CT molecular complexity index is 950. The van der Waals surface area contributed by atoms with Crippen molar-refractivity contribution in [3.05, 3.63) is 68.2 Å². The average Bonchev–Trinajstić information content (AvgIpc) is 2.59. The first kappa shape index (κ1) is 16.6. The summed E-state index contributed by atoms with van der Waals surface area (Å²) < 4.78 is 14.5. The summed E-state index contributed by atoms with van der Waals surface area (Å²) in [6.07, 6.45) is 1.03. The van der Waals surface area contributed by atoms with Gasteiger partial charge in [0.15, 0.2) is 0 Å². The fraction of sp³-hybridized carbons (Fsp3) is 0.250. The molecule has 0 bridgehead atoms. The lowest BCUT2D eigenvalue weighted by Crippen LogP contribution is -2.51. The molecule has 0 radical (unpaired) electrons. The smallest absolute Gasteiger partial charge is 0.328 e. The Labute approximate surface area is 140 Å². The molecule has 9 heteroatoms. The third kappa shape index (κ3) is 3.35. The summed E-state index contributed by atoms with van der Waals surface area (Å²) in [7, 11) is 0. The molecular weight excluding hydrogens is 331 g/mol. The summed E-state index contributed by atoms with van der Waals surface area (Å²) in [6, 6.07) is 5.74. The van der Waals surface area contributed by atoms with Crippen LogP contribution in [0.4, 0.5) is 4.39 Å². The van der Waals surface area contributed by atoms with E-state index >= 15 is 0 Å². The van der Waals surface area contributed by atoms with Crippen LogP contribution in [0.3, 0.4) is 0 Å². The minimum Gasteiger partial charge on any atom is -0.353 e. The molecule has 1 fully saturated rings. The van der Waals surface area contributed by atoms with Gasteiger partial charge in [0, 0.05) is 24.8 Å². The predicted molar refractivity (Wildman–Crippen MR) is 85.7 cm³/mol. The summed E-state index contributed by atoms with van der Waals surface area (Å²) in [4.78, 5) is 51.9. The van der Waals surface area contributed by atoms with Gasteiger partial charge in [-0.1, -0.05) is 18.2 Å². The highest BCUT2D eigenvalue weighted by Crippen LogP contribution is 2.07. The van der Waals surface area contributed by atoms with E-state index in [2.05, 4.69) is 10.3 Å². The number of nitrogens with one attached hydrogen (secondary N) is 2. The number of amides is 2. The third-order valence-electron chi connectivity index (χ3n) is 3.90. The Morgan fingerprint density at radius 3 is 2.68 bits per heavy atom. The maximum absolute atomic E-state index is 13.8. The quantitative estimate of drug-likeness (QED) is 0.766. The second-order valence-electron chi connectivity index (χ2n) is 5.57. The molecule has 2 heterocycles. The third-order valence-corrected chi connectivity index (χ3v) is 3.90. The Kier molecular flexibility index (Phi) is 4.46. The maximum Gasteiger partial charge on any atom is 0.328 e. The van der Waals surface area contributed by atoms with E-state index in [4.69, 9.17) is 0 Å². The van der Waals surface area contributed by atoms with Crippen LogP contribution in [0.1, 0.15) is 15.9 Å². The number of aromatic nitrogens is 2. The number of carbonyl (C=O) groups excluding carboxylic acids is 2. The molecular formula is C16H15FN4O4. The van der Waals surface area contributed by atoms with Gasteiger partial charge in [-0.2, -0.15) is 0 Å². The normalized spacial score (nSPS) is 14.3. The van der Waals surface area contributed by atoms with Crippen molar-refractivity contribution in [2.75, 3.05) is 19.6 Å². The number of rotatable bonds is 3. The molecule has 2 amide bonds. The number of carbonyl (C=O) groups is 2. The van der Waals surface area contributed by atoms with Crippen LogP contribution in [0.2, 0.25) is 0 Å². The Morgan fingerprint density at radius 1 is 1.20 bits per heavy atom. The van der Waals surface area contributed by atoms with Gasteiger partial charge >= 0.3 is 5.69 Å². The zero-order valence-electron chi connectivity index (χ0n) is 13.1. The van der Waals surface area contributed by atoms with Crippen LogP contribution in [0, 0.1) is 5.82 Å². The molecule has 1 aromatic carbocycles. The first-order chi connectivity index (χ1) is 12.0. The van der Waals surface area contributed by atoms with Crippen LogP contribution in [-0.4, -0.2) is 45.9 Å². The summed E-state index contributed by atoms with van der Waals surface area (Å²) >= 11 is 0. The molecule has 0 spiro atoms. The standard InChI is InChI=1S/C16H15FN4O4/c17-12-4-2-1-3-10(12)8-21-15(24)11(7-19-16(21)25)14(23)20-6-5-18-13(22)9-20/h1-4,7H,5-6,8-9H2,(H,18,22)(H,19,25). The van der Waals surface area contributed by atoms with Gasteiger partial charge in [-0.25, -0.2) is 9.18 Å². The highest BCUT2D eigenvalue weighted by Gasteiger charge is 2.25. The van der Waals surface area contributed by atoms with Crippen molar-refractivity contribution >= 4 is 11.8 Å². The monoisotopic (exact) mass is 346 g/mol. The van der Waals surface area contributed by atoms with Gasteiger partial charge in [0.2, 0.25) is 5.91 Å².